The molecule has 0 radical (unpaired) electrons. The molecule has 7 nitrogen and oxygen atoms in total. The summed E-state index contributed by atoms with van der Waals surface area (Å²) in [6, 6.07) is 12.1. The fourth-order valence-corrected chi connectivity index (χ4v) is 4.15. The molecule has 2 aromatic heterocycles. The number of methoxy groups -OCH3 is 1. The van der Waals surface area contributed by atoms with E-state index in [1.807, 2.05) is 24.3 Å². The fraction of sp³-hybridized carbons (Fsp3) is 0.304. The van der Waals surface area contributed by atoms with Gasteiger partial charge in [-0.2, -0.15) is 0 Å². The van der Waals surface area contributed by atoms with Crippen molar-refractivity contribution in [3.05, 3.63) is 70.0 Å². The number of hydrogen-bond donors (Lipinski definition) is 1. The van der Waals surface area contributed by atoms with Gasteiger partial charge in [0.05, 0.1) is 13.7 Å². The quantitative estimate of drug-likeness (QED) is 0.533. The predicted octanol–water partition coefficient (Wildman–Crippen LogP) is 3.13. The average Bonchev–Trinajstić information content (AvgIpc) is 3.15. The third-order valence-corrected chi connectivity index (χ3v) is 5.75. The van der Waals surface area contributed by atoms with Crippen molar-refractivity contribution in [2.75, 3.05) is 33.3 Å². The summed E-state index contributed by atoms with van der Waals surface area (Å²) in [5.74, 6) is 1.07. The number of hydrogen-bond acceptors (Lipinski definition) is 6. The number of ether oxygens (including phenoxy) is 1. The van der Waals surface area contributed by atoms with Crippen molar-refractivity contribution >= 4 is 22.1 Å². The summed E-state index contributed by atoms with van der Waals surface area (Å²) < 4.78 is 24.7. The molecule has 8 heteroatoms. The molecule has 0 aliphatic carbocycles. The normalized spacial score (nSPS) is 15.7. The zero-order chi connectivity index (χ0) is 21.4. The number of H-pyrrole nitrogens is 1. The predicted molar refractivity (Wildman–Crippen MR) is 116 cm³/mol. The Hall–Kier alpha value is -3.23. The number of fused-ring (bicyclic) bond motifs is 3. The van der Waals surface area contributed by atoms with E-state index in [4.69, 9.17) is 9.15 Å². The largest absolute Gasteiger partial charge is 0.496 e. The van der Waals surface area contributed by atoms with Crippen LogP contribution >= 0.6 is 0 Å². The zero-order valence-electron chi connectivity index (χ0n) is 17.2. The van der Waals surface area contributed by atoms with Gasteiger partial charge in [0, 0.05) is 43.7 Å². The van der Waals surface area contributed by atoms with E-state index in [1.165, 1.54) is 12.1 Å². The van der Waals surface area contributed by atoms with Gasteiger partial charge in [0.15, 0.2) is 0 Å². The minimum Gasteiger partial charge on any atom is -0.496 e. The van der Waals surface area contributed by atoms with Gasteiger partial charge in [-0.1, -0.05) is 12.1 Å². The summed E-state index contributed by atoms with van der Waals surface area (Å²) in [5, 5.41) is 0.846. The lowest BCUT2D eigenvalue weighted by Crippen LogP contribution is -2.45. The minimum absolute atomic E-state index is 0.256. The molecule has 0 amide bonds. The van der Waals surface area contributed by atoms with Crippen LogP contribution in [0.25, 0.3) is 22.1 Å². The Morgan fingerprint density at radius 2 is 1.84 bits per heavy atom. The average molecular weight is 422 g/mol. The molecule has 0 spiro atoms. The second-order valence-corrected chi connectivity index (χ2v) is 7.80. The Balaban J connectivity index is 1.28. The van der Waals surface area contributed by atoms with E-state index in [9.17, 15) is 9.18 Å². The van der Waals surface area contributed by atoms with Crippen LogP contribution < -0.4 is 10.3 Å². The number of aromatic amines is 1. The lowest BCUT2D eigenvalue weighted by Gasteiger charge is -2.34. The molecule has 3 heterocycles. The van der Waals surface area contributed by atoms with Gasteiger partial charge in [-0.15, -0.1) is 0 Å². The van der Waals surface area contributed by atoms with E-state index in [0.717, 1.165) is 37.1 Å². The van der Waals surface area contributed by atoms with Gasteiger partial charge >= 0.3 is 0 Å². The van der Waals surface area contributed by atoms with Crippen LogP contribution in [0, 0.1) is 5.82 Å². The Morgan fingerprint density at radius 3 is 2.61 bits per heavy atom. The number of para-hydroxylation sites is 1. The molecular formula is C23H23FN4O3. The highest BCUT2D eigenvalue weighted by atomic mass is 19.1. The third kappa shape index (κ3) is 3.92. The summed E-state index contributed by atoms with van der Waals surface area (Å²) in [6.07, 6.45) is 0. The highest BCUT2D eigenvalue weighted by Crippen LogP contribution is 2.25. The SMILES string of the molecule is COc1ccc(F)cc1CN1CCN(Cc2nc3c(oc4ccccc43)c(=O)[nH]2)CC1. The maximum Gasteiger partial charge on any atom is 0.294 e. The van der Waals surface area contributed by atoms with E-state index in [1.54, 1.807) is 13.2 Å². The van der Waals surface area contributed by atoms with Gasteiger partial charge in [0.25, 0.3) is 5.56 Å². The molecule has 0 atom stereocenters. The van der Waals surface area contributed by atoms with Crippen LogP contribution in [0.15, 0.2) is 51.7 Å². The smallest absolute Gasteiger partial charge is 0.294 e. The highest BCUT2D eigenvalue weighted by molar-refractivity contribution is 6.01. The highest BCUT2D eigenvalue weighted by Gasteiger charge is 2.20. The monoisotopic (exact) mass is 422 g/mol. The molecule has 1 saturated heterocycles. The Kier molecular flexibility index (Phi) is 5.17. The molecule has 1 aliphatic rings. The van der Waals surface area contributed by atoms with Gasteiger partial charge in [-0.25, -0.2) is 9.37 Å². The van der Waals surface area contributed by atoms with E-state index < -0.39 is 0 Å². The lowest BCUT2D eigenvalue weighted by atomic mass is 10.1. The summed E-state index contributed by atoms with van der Waals surface area (Å²) in [7, 11) is 1.60. The molecule has 2 aromatic carbocycles. The van der Waals surface area contributed by atoms with E-state index >= 15 is 0 Å². The number of furan rings is 1. The number of nitrogens with one attached hydrogen (secondary N) is 1. The summed E-state index contributed by atoms with van der Waals surface area (Å²) in [6.45, 7) is 4.51. The van der Waals surface area contributed by atoms with Crippen molar-refractivity contribution < 1.29 is 13.5 Å². The standard InChI is InChI=1S/C23H23FN4O3/c1-30-18-7-6-16(24)12-15(18)13-27-8-10-28(11-9-27)14-20-25-21-17-4-2-3-5-19(17)31-22(21)23(29)26-20/h2-7,12H,8-11,13-14H2,1H3,(H,25,26,29). The Labute approximate surface area is 178 Å². The molecule has 4 aromatic rings. The van der Waals surface area contributed by atoms with Crippen molar-refractivity contribution in [3.63, 3.8) is 0 Å². The third-order valence-electron chi connectivity index (χ3n) is 5.75. The molecule has 31 heavy (non-hydrogen) atoms. The number of piperazine rings is 1. The van der Waals surface area contributed by atoms with Crippen LogP contribution in [-0.4, -0.2) is 53.1 Å². The maximum absolute atomic E-state index is 13.6. The molecule has 160 valence electrons. The Bertz CT molecular complexity index is 1290. The first-order chi connectivity index (χ1) is 15.1. The molecular weight excluding hydrogens is 399 g/mol. The minimum atomic E-state index is -0.258. The topological polar surface area (TPSA) is 74.6 Å². The molecule has 0 unspecified atom stereocenters. The maximum atomic E-state index is 13.6. The van der Waals surface area contributed by atoms with Gasteiger partial charge in [0.1, 0.15) is 28.5 Å². The summed E-state index contributed by atoms with van der Waals surface area (Å²) in [4.78, 5) is 24.6. The Morgan fingerprint density at radius 1 is 1.10 bits per heavy atom. The second kappa shape index (κ2) is 8.13. The van der Waals surface area contributed by atoms with E-state index in [0.29, 0.717) is 35.8 Å². The summed E-state index contributed by atoms with van der Waals surface area (Å²) >= 11 is 0. The second-order valence-electron chi connectivity index (χ2n) is 7.80. The van der Waals surface area contributed by atoms with Gasteiger partial charge < -0.3 is 14.1 Å². The van der Waals surface area contributed by atoms with Gasteiger partial charge in [0.2, 0.25) is 5.58 Å². The lowest BCUT2D eigenvalue weighted by molar-refractivity contribution is 0.119. The van der Waals surface area contributed by atoms with Crippen LogP contribution in [0.5, 0.6) is 5.75 Å². The fourth-order valence-electron chi connectivity index (χ4n) is 4.15. The molecule has 0 bridgehead atoms. The van der Waals surface area contributed by atoms with Crippen LogP contribution in [-0.2, 0) is 13.1 Å². The van der Waals surface area contributed by atoms with Gasteiger partial charge in [-0.05, 0) is 30.3 Å². The number of aromatic nitrogens is 2. The molecule has 1 N–H and O–H groups in total. The number of rotatable bonds is 5. The molecule has 1 aliphatic heterocycles. The van der Waals surface area contributed by atoms with Crippen molar-refractivity contribution in [2.45, 2.75) is 13.1 Å². The molecule has 1 fully saturated rings. The number of benzene rings is 2. The molecule has 5 rings (SSSR count). The van der Waals surface area contributed by atoms with Crippen molar-refractivity contribution in [1.82, 2.24) is 19.8 Å². The zero-order valence-corrected chi connectivity index (χ0v) is 17.2. The number of halogens is 1. The van der Waals surface area contributed by atoms with Crippen molar-refractivity contribution in [3.8, 4) is 5.75 Å². The van der Waals surface area contributed by atoms with Crippen LogP contribution in [0.2, 0.25) is 0 Å². The summed E-state index contributed by atoms with van der Waals surface area (Å²) in [5.41, 5.74) is 2.12. The first kappa shape index (κ1) is 19.7. The van der Waals surface area contributed by atoms with Crippen LogP contribution in [0.3, 0.4) is 0 Å². The van der Waals surface area contributed by atoms with Crippen LogP contribution in [0.4, 0.5) is 4.39 Å². The van der Waals surface area contributed by atoms with Crippen LogP contribution in [0.1, 0.15) is 11.4 Å². The van der Waals surface area contributed by atoms with E-state index in [-0.39, 0.29) is 17.0 Å². The first-order valence-electron chi connectivity index (χ1n) is 10.3. The molecule has 0 saturated carbocycles. The number of nitrogens with zero attached hydrogens (tertiary/aromatic N) is 3. The van der Waals surface area contributed by atoms with Gasteiger partial charge in [-0.3, -0.25) is 14.6 Å². The van der Waals surface area contributed by atoms with Crippen molar-refractivity contribution in [1.29, 1.82) is 0 Å². The first-order valence-corrected chi connectivity index (χ1v) is 10.3. The van der Waals surface area contributed by atoms with E-state index in [2.05, 4.69) is 19.8 Å². The van der Waals surface area contributed by atoms with Crippen molar-refractivity contribution in [2.24, 2.45) is 0 Å².